The van der Waals surface area contributed by atoms with Crippen LogP contribution in [0.4, 0.5) is 13.2 Å². The summed E-state index contributed by atoms with van der Waals surface area (Å²) in [6.45, 7) is 0. The molecule has 1 aromatic carbocycles. The predicted molar refractivity (Wildman–Crippen MR) is 51.8 cm³/mol. The summed E-state index contributed by atoms with van der Waals surface area (Å²) in [4.78, 5) is 0. The van der Waals surface area contributed by atoms with E-state index in [9.17, 15) is 13.2 Å². The largest absolute Gasteiger partial charge is 0.417 e. The highest BCUT2D eigenvalue weighted by molar-refractivity contribution is 6.31. The molecule has 2 unspecified atom stereocenters. The van der Waals surface area contributed by atoms with Gasteiger partial charge < -0.3 is 5.73 Å². The molecule has 0 saturated heterocycles. The molecular weight excluding hydrogens is 227 g/mol. The van der Waals surface area contributed by atoms with E-state index in [2.05, 4.69) is 0 Å². The van der Waals surface area contributed by atoms with Gasteiger partial charge in [-0.2, -0.15) is 13.2 Å². The van der Waals surface area contributed by atoms with E-state index >= 15 is 0 Å². The van der Waals surface area contributed by atoms with Crippen LogP contribution in [0.15, 0.2) is 18.2 Å². The third-order valence-corrected chi connectivity index (χ3v) is 2.89. The van der Waals surface area contributed by atoms with Gasteiger partial charge >= 0.3 is 6.18 Å². The van der Waals surface area contributed by atoms with Gasteiger partial charge in [-0.05, 0) is 24.1 Å². The Morgan fingerprint density at radius 3 is 2.40 bits per heavy atom. The van der Waals surface area contributed by atoms with Crippen LogP contribution in [0.25, 0.3) is 0 Å². The molecule has 0 amide bonds. The Labute approximate surface area is 90.0 Å². The molecule has 0 radical (unpaired) electrons. The second-order valence-electron chi connectivity index (χ2n) is 3.74. The summed E-state index contributed by atoms with van der Waals surface area (Å²) >= 11 is 5.49. The van der Waals surface area contributed by atoms with Crippen molar-refractivity contribution in [2.75, 3.05) is 0 Å². The summed E-state index contributed by atoms with van der Waals surface area (Å²) in [7, 11) is 0. The molecule has 5 heteroatoms. The molecule has 1 fully saturated rings. The zero-order valence-corrected chi connectivity index (χ0v) is 8.44. The molecule has 1 aliphatic carbocycles. The number of nitrogens with two attached hydrogens (primary N) is 1. The summed E-state index contributed by atoms with van der Waals surface area (Å²) in [5, 5.41) is -0.263. The first-order chi connectivity index (χ1) is 6.89. The van der Waals surface area contributed by atoms with Crippen molar-refractivity contribution in [3.63, 3.8) is 0 Å². The molecule has 2 rings (SSSR count). The average molecular weight is 236 g/mol. The Hall–Kier alpha value is -0.740. The summed E-state index contributed by atoms with van der Waals surface area (Å²) in [5.74, 6) is 0.0587. The number of rotatable bonds is 1. The smallest absolute Gasteiger partial charge is 0.327 e. The highest BCUT2D eigenvalue weighted by Crippen LogP contribution is 2.42. The quantitative estimate of drug-likeness (QED) is 0.795. The normalized spacial score (nSPS) is 25.4. The molecule has 1 aliphatic rings. The molecule has 0 heterocycles. The number of benzene rings is 1. The van der Waals surface area contributed by atoms with Gasteiger partial charge in [0.25, 0.3) is 0 Å². The number of alkyl halides is 3. The summed E-state index contributed by atoms with van der Waals surface area (Å²) in [6, 6.07) is 3.98. The third kappa shape index (κ3) is 2.11. The Morgan fingerprint density at radius 2 is 1.93 bits per heavy atom. The van der Waals surface area contributed by atoms with E-state index in [1.54, 1.807) is 6.07 Å². The molecule has 0 spiro atoms. The minimum atomic E-state index is -4.40. The Morgan fingerprint density at radius 1 is 1.33 bits per heavy atom. The zero-order valence-electron chi connectivity index (χ0n) is 7.68. The van der Waals surface area contributed by atoms with Gasteiger partial charge in [-0.15, -0.1) is 0 Å². The molecule has 82 valence electrons. The lowest BCUT2D eigenvalue weighted by Gasteiger charge is -2.10. The van der Waals surface area contributed by atoms with Gasteiger partial charge in [-0.25, -0.2) is 0 Å². The van der Waals surface area contributed by atoms with Crippen molar-refractivity contribution in [3.8, 4) is 0 Å². The van der Waals surface area contributed by atoms with Gasteiger partial charge in [-0.1, -0.05) is 17.7 Å². The van der Waals surface area contributed by atoms with E-state index in [1.165, 1.54) is 6.07 Å². The van der Waals surface area contributed by atoms with Crippen LogP contribution in [-0.2, 0) is 6.18 Å². The average Bonchev–Trinajstić information content (AvgIpc) is 2.81. The molecule has 1 aromatic rings. The third-order valence-electron chi connectivity index (χ3n) is 2.56. The Balaban J connectivity index is 2.37. The molecule has 1 nitrogen and oxygen atoms in total. The van der Waals surface area contributed by atoms with Crippen molar-refractivity contribution in [3.05, 3.63) is 34.3 Å². The van der Waals surface area contributed by atoms with Crippen LogP contribution in [0.1, 0.15) is 23.5 Å². The SMILES string of the molecule is NC1CC1c1ccc(Cl)c(C(F)(F)F)c1. The molecule has 0 bridgehead atoms. The second kappa shape index (κ2) is 3.39. The number of halogens is 4. The minimum Gasteiger partial charge on any atom is -0.327 e. The Kier molecular flexibility index (Phi) is 2.43. The maximum atomic E-state index is 12.5. The van der Waals surface area contributed by atoms with Gasteiger partial charge in [-0.3, -0.25) is 0 Å². The van der Waals surface area contributed by atoms with Crippen molar-refractivity contribution in [1.82, 2.24) is 0 Å². The highest BCUT2D eigenvalue weighted by atomic mass is 35.5. The minimum absolute atomic E-state index is 0.00717. The molecule has 0 aliphatic heterocycles. The molecular formula is C10H9ClF3N. The van der Waals surface area contributed by atoms with Crippen molar-refractivity contribution < 1.29 is 13.2 Å². The van der Waals surface area contributed by atoms with Gasteiger partial charge in [0, 0.05) is 12.0 Å². The van der Waals surface area contributed by atoms with Crippen LogP contribution >= 0.6 is 11.6 Å². The van der Waals surface area contributed by atoms with E-state index in [0.29, 0.717) is 5.56 Å². The molecule has 2 N–H and O–H groups in total. The molecule has 2 atom stereocenters. The van der Waals surface area contributed by atoms with Crippen LogP contribution in [-0.4, -0.2) is 6.04 Å². The van der Waals surface area contributed by atoms with Crippen molar-refractivity contribution in [1.29, 1.82) is 0 Å². The van der Waals surface area contributed by atoms with Crippen LogP contribution in [0.5, 0.6) is 0 Å². The Bertz CT molecular complexity index is 389. The van der Waals surface area contributed by atoms with Gasteiger partial charge in [0.2, 0.25) is 0 Å². The van der Waals surface area contributed by atoms with Crippen LogP contribution in [0.2, 0.25) is 5.02 Å². The van der Waals surface area contributed by atoms with E-state index in [-0.39, 0.29) is 17.0 Å². The van der Waals surface area contributed by atoms with Crippen LogP contribution in [0, 0.1) is 0 Å². The summed E-state index contributed by atoms with van der Waals surface area (Å²) in [6.07, 6.45) is -3.65. The van der Waals surface area contributed by atoms with Crippen LogP contribution < -0.4 is 5.73 Å². The van der Waals surface area contributed by atoms with Gasteiger partial charge in [0.1, 0.15) is 0 Å². The standard InChI is InChI=1S/C10H9ClF3N/c11-8-2-1-5(6-4-9(6)15)3-7(8)10(12,13)14/h1-3,6,9H,4,15H2. The summed E-state index contributed by atoms with van der Waals surface area (Å²) in [5.41, 5.74) is 5.43. The first kappa shape index (κ1) is 10.8. The lowest BCUT2D eigenvalue weighted by atomic mass is 10.1. The van der Waals surface area contributed by atoms with Crippen LogP contribution in [0.3, 0.4) is 0 Å². The molecule has 1 saturated carbocycles. The fourth-order valence-corrected chi connectivity index (χ4v) is 1.81. The topological polar surface area (TPSA) is 26.0 Å². The van der Waals surface area contributed by atoms with E-state index in [0.717, 1.165) is 12.5 Å². The number of hydrogen-bond donors (Lipinski definition) is 1. The van der Waals surface area contributed by atoms with E-state index < -0.39 is 11.7 Å². The molecule has 0 aromatic heterocycles. The van der Waals surface area contributed by atoms with Crippen molar-refractivity contribution >= 4 is 11.6 Å². The monoisotopic (exact) mass is 235 g/mol. The highest BCUT2D eigenvalue weighted by Gasteiger charge is 2.38. The second-order valence-corrected chi connectivity index (χ2v) is 4.15. The zero-order chi connectivity index (χ0) is 11.2. The maximum Gasteiger partial charge on any atom is 0.417 e. The lowest BCUT2D eigenvalue weighted by Crippen LogP contribution is -2.07. The first-order valence-electron chi connectivity index (χ1n) is 4.52. The van der Waals surface area contributed by atoms with E-state index in [1.807, 2.05) is 0 Å². The van der Waals surface area contributed by atoms with Crippen molar-refractivity contribution in [2.45, 2.75) is 24.6 Å². The first-order valence-corrected chi connectivity index (χ1v) is 4.89. The van der Waals surface area contributed by atoms with E-state index in [4.69, 9.17) is 17.3 Å². The van der Waals surface area contributed by atoms with Gasteiger partial charge in [0.05, 0.1) is 10.6 Å². The lowest BCUT2D eigenvalue weighted by molar-refractivity contribution is -0.137. The predicted octanol–water partition coefficient (Wildman–Crippen LogP) is 3.17. The fourth-order valence-electron chi connectivity index (χ4n) is 1.59. The maximum absolute atomic E-state index is 12.5. The summed E-state index contributed by atoms with van der Waals surface area (Å²) < 4.78 is 37.5. The van der Waals surface area contributed by atoms with Gasteiger partial charge in [0.15, 0.2) is 0 Å². The number of hydrogen-bond acceptors (Lipinski definition) is 1. The molecule has 15 heavy (non-hydrogen) atoms. The fraction of sp³-hybridized carbons (Fsp3) is 0.400. The van der Waals surface area contributed by atoms with Crippen molar-refractivity contribution in [2.24, 2.45) is 5.73 Å².